The Balaban J connectivity index is 1.39. The predicted octanol–water partition coefficient (Wildman–Crippen LogP) is 4.48. The van der Waals surface area contributed by atoms with Crippen LogP contribution >= 0.6 is 0 Å². The Morgan fingerprint density at radius 2 is 1.74 bits per heavy atom. The van der Waals surface area contributed by atoms with Crippen LogP contribution in [0.4, 0.5) is 15.8 Å². The smallest absolute Gasteiger partial charge is 0.335 e. The van der Waals surface area contributed by atoms with Crippen LogP contribution in [0.15, 0.2) is 81.5 Å². The number of methoxy groups -OCH3 is 1. The van der Waals surface area contributed by atoms with Gasteiger partial charge < -0.3 is 28.8 Å². The third-order valence-electron chi connectivity index (χ3n) is 6.57. The number of allylic oxidation sites excluding steroid dienone is 1. The summed E-state index contributed by atoms with van der Waals surface area (Å²) in [5.74, 6) is 0.920. The molecule has 1 aromatic heterocycles. The van der Waals surface area contributed by atoms with Crippen molar-refractivity contribution in [2.75, 3.05) is 25.6 Å². The molecule has 12 heteroatoms. The highest BCUT2D eigenvalue weighted by molar-refractivity contribution is 6.03. The molecule has 0 spiro atoms. The number of carbonyl (C=O) groups is 1. The third kappa shape index (κ3) is 5.62. The van der Waals surface area contributed by atoms with Gasteiger partial charge in [0.05, 0.1) is 24.0 Å². The molecule has 2 heterocycles. The van der Waals surface area contributed by atoms with Gasteiger partial charge in [0.25, 0.3) is 11.5 Å². The lowest BCUT2D eigenvalue weighted by molar-refractivity contribution is 0.102. The fourth-order valence-corrected chi connectivity index (χ4v) is 4.51. The molecule has 0 bridgehead atoms. The predicted molar refractivity (Wildman–Crippen MR) is 159 cm³/mol. The first-order valence-electron chi connectivity index (χ1n) is 13.1. The third-order valence-corrected chi connectivity index (χ3v) is 6.57. The van der Waals surface area contributed by atoms with E-state index in [0.29, 0.717) is 58.9 Å². The van der Waals surface area contributed by atoms with Gasteiger partial charge in [0, 0.05) is 25.0 Å². The van der Waals surface area contributed by atoms with Gasteiger partial charge in [-0.15, -0.1) is 0 Å². The highest BCUT2D eigenvalue weighted by atomic mass is 19.1. The number of ether oxygens (including phenoxy) is 4. The van der Waals surface area contributed by atoms with E-state index in [2.05, 4.69) is 17.0 Å². The van der Waals surface area contributed by atoms with Crippen molar-refractivity contribution in [3.05, 3.63) is 105 Å². The van der Waals surface area contributed by atoms with Crippen LogP contribution in [0.2, 0.25) is 0 Å². The first kappa shape index (κ1) is 28.9. The second-order valence-corrected chi connectivity index (χ2v) is 9.27. The number of hydrogen-bond donors (Lipinski definition) is 1. The van der Waals surface area contributed by atoms with Crippen LogP contribution in [0.5, 0.6) is 23.0 Å². The van der Waals surface area contributed by atoms with E-state index in [0.717, 1.165) is 27.5 Å². The highest BCUT2D eigenvalue weighted by Crippen LogP contribution is 2.49. The van der Waals surface area contributed by atoms with Gasteiger partial charge in [-0.05, 0) is 68.2 Å². The Kier molecular flexibility index (Phi) is 8.10. The van der Waals surface area contributed by atoms with E-state index in [4.69, 9.17) is 18.9 Å². The van der Waals surface area contributed by atoms with Gasteiger partial charge in [-0.1, -0.05) is 0 Å². The summed E-state index contributed by atoms with van der Waals surface area (Å²) in [7, 11) is 2.93. The Morgan fingerprint density at radius 1 is 1.07 bits per heavy atom. The van der Waals surface area contributed by atoms with E-state index in [1.165, 1.54) is 26.3 Å². The molecule has 4 aromatic rings. The van der Waals surface area contributed by atoms with Gasteiger partial charge >= 0.3 is 5.69 Å². The molecule has 1 N–H and O–H groups in total. The minimum Gasteiger partial charge on any atom is -0.493 e. The van der Waals surface area contributed by atoms with Crippen LogP contribution in [-0.4, -0.2) is 42.1 Å². The average molecular weight is 587 g/mol. The molecular formula is C31H27FN4O7. The summed E-state index contributed by atoms with van der Waals surface area (Å²) >= 11 is 0. The van der Waals surface area contributed by atoms with Crippen LogP contribution in [0.3, 0.4) is 0 Å². The van der Waals surface area contributed by atoms with Crippen molar-refractivity contribution in [3.8, 4) is 28.7 Å². The van der Waals surface area contributed by atoms with Crippen molar-refractivity contribution in [2.24, 2.45) is 12.0 Å². The number of nitrogens with one attached hydrogen (secondary N) is 1. The molecule has 0 aliphatic carbocycles. The molecule has 43 heavy (non-hydrogen) atoms. The quantitative estimate of drug-likeness (QED) is 0.239. The summed E-state index contributed by atoms with van der Waals surface area (Å²) in [6, 6.07) is 12.9. The first-order valence-corrected chi connectivity index (χ1v) is 13.1. The molecule has 1 aliphatic rings. The van der Waals surface area contributed by atoms with Crippen molar-refractivity contribution in [1.82, 2.24) is 9.13 Å². The number of aryl methyl sites for hydroxylation is 1. The topological polar surface area (TPSA) is 122 Å². The zero-order valence-corrected chi connectivity index (χ0v) is 23.5. The minimum atomic E-state index is -0.842. The maximum atomic E-state index is 13.4. The Bertz CT molecular complexity index is 1860. The second kappa shape index (κ2) is 12.1. The number of carbonyl (C=O) groups excluding carboxylic acids is 1. The van der Waals surface area contributed by atoms with Gasteiger partial charge in [-0.2, -0.15) is 0 Å². The maximum absolute atomic E-state index is 13.4. The van der Waals surface area contributed by atoms with Crippen molar-refractivity contribution >= 4 is 29.8 Å². The molecule has 0 fully saturated rings. The van der Waals surface area contributed by atoms with E-state index in [1.54, 1.807) is 43.3 Å². The van der Waals surface area contributed by atoms with Gasteiger partial charge in [0.15, 0.2) is 11.5 Å². The first-order chi connectivity index (χ1) is 20.7. The molecule has 11 nitrogen and oxygen atoms in total. The Labute approximate surface area is 245 Å². The van der Waals surface area contributed by atoms with E-state index < -0.39 is 23.0 Å². The van der Waals surface area contributed by atoms with Crippen molar-refractivity contribution in [1.29, 1.82) is 0 Å². The molecule has 1 amide bonds. The standard InChI is InChI=1S/C31H27FN4O7/c1-5-24(26-23(33-2)16-25(40-4)27-28(26)42-15-14-41-27)43-21-12-8-19(9-13-21)34-29(37)22-17-35(3)31(39)36(30(22)38)20-10-6-18(32)7-11-20/h5-13,16-17H,2,14-15H2,1,3-4H3,(H,34,37)/b24-5+. The fraction of sp³-hybridized carbons (Fsp3) is 0.161. The second-order valence-electron chi connectivity index (χ2n) is 9.27. The SMILES string of the molecule is C=Nc1cc(OC)c2c(c1/C(=C\C)Oc1ccc(NC(=O)c3cn(C)c(=O)n(-c4ccc(F)cc4)c3=O)cc1)OCCO2. The summed E-state index contributed by atoms with van der Waals surface area (Å²) in [5, 5.41) is 2.66. The number of amides is 1. The summed E-state index contributed by atoms with van der Waals surface area (Å²) in [6.45, 7) is 6.15. The van der Waals surface area contributed by atoms with E-state index in [-0.39, 0.29) is 11.3 Å². The molecule has 0 atom stereocenters. The highest BCUT2D eigenvalue weighted by Gasteiger charge is 2.27. The Morgan fingerprint density at radius 3 is 2.37 bits per heavy atom. The van der Waals surface area contributed by atoms with Crippen molar-refractivity contribution in [2.45, 2.75) is 6.92 Å². The lowest BCUT2D eigenvalue weighted by Gasteiger charge is -2.25. The molecule has 0 radical (unpaired) electrons. The molecule has 0 saturated carbocycles. The summed E-state index contributed by atoms with van der Waals surface area (Å²) in [5.41, 5.74) is -0.288. The lowest BCUT2D eigenvalue weighted by atomic mass is 10.1. The molecule has 0 unspecified atom stereocenters. The number of nitrogens with zero attached hydrogens (tertiary/aromatic N) is 3. The number of benzene rings is 3. The number of aliphatic imine (C=N–C) groups is 1. The number of rotatable bonds is 8. The van der Waals surface area contributed by atoms with Gasteiger partial charge in [0.1, 0.15) is 36.1 Å². The minimum absolute atomic E-state index is 0.132. The van der Waals surface area contributed by atoms with Crippen LogP contribution < -0.4 is 35.5 Å². The summed E-state index contributed by atoms with van der Waals surface area (Å²) in [6.07, 6.45) is 2.90. The fourth-order valence-electron chi connectivity index (χ4n) is 4.51. The van der Waals surface area contributed by atoms with Crippen molar-refractivity contribution < 1.29 is 28.1 Å². The van der Waals surface area contributed by atoms with E-state index >= 15 is 0 Å². The Hall–Kier alpha value is -5.65. The summed E-state index contributed by atoms with van der Waals surface area (Å²) < 4.78 is 38.6. The average Bonchev–Trinajstić information content (AvgIpc) is 3.02. The molecule has 220 valence electrons. The number of hydrogen-bond acceptors (Lipinski definition) is 8. The van der Waals surface area contributed by atoms with Gasteiger partial charge in [-0.3, -0.25) is 14.6 Å². The molecule has 1 aliphatic heterocycles. The number of anilines is 1. The van der Waals surface area contributed by atoms with Gasteiger partial charge in [-0.25, -0.2) is 13.8 Å². The van der Waals surface area contributed by atoms with Crippen LogP contribution in [0, 0.1) is 5.82 Å². The van der Waals surface area contributed by atoms with Crippen molar-refractivity contribution in [3.63, 3.8) is 0 Å². The largest absolute Gasteiger partial charge is 0.493 e. The summed E-state index contributed by atoms with van der Waals surface area (Å²) in [4.78, 5) is 43.0. The number of aromatic nitrogens is 2. The monoisotopic (exact) mass is 586 g/mol. The molecule has 5 rings (SSSR count). The number of fused-ring (bicyclic) bond motifs is 1. The maximum Gasteiger partial charge on any atom is 0.335 e. The van der Waals surface area contributed by atoms with Crippen LogP contribution in [0.1, 0.15) is 22.8 Å². The van der Waals surface area contributed by atoms with E-state index in [9.17, 15) is 18.8 Å². The molecular weight excluding hydrogens is 559 g/mol. The normalized spacial score (nSPS) is 12.4. The van der Waals surface area contributed by atoms with E-state index in [1.807, 2.05) is 0 Å². The van der Waals surface area contributed by atoms with Crippen LogP contribution in [-0.2, 0) is 7.05 Å². The van der Waals surface area contributed by atoms with Gasteiger partial charge in [0.2, 0.25) is 5.75 Å². The zero-order valence-electron chi connectivity index (χ0n) is 23.5. The zero-order chi connectivity index (χ0) is 30.7. The molecule has 0 saturated heterocycles. The molecule has 3 aromatic carbocycles. The lowest BCUT2D eigenvalue weighted by Crippen LogP contribution is -2.41. The van der Waals surface area contributed by atoms with Crippen LogP contribution in [0.25, 0.3) is 11.4 Å². The number of halogens is 1.